The minimum atomic E-state index is -0.162. The summed E-state index contributed by atoms with van der Waals surface area (Å²) >= 11 is 1.76. The molecule has 0 saturated carbocycles. The van der Waals surface area contributed by atoms with Gasteiger partial charge in [-0.1, -0.05) is 12.1 Å². The zero-order valence-corrected chi connectivity index (χ0v) is 12.3. The summed E-state index contributed by atoms with van der Waals surface area (Å²) < 4.78 is 0. The van der Waals surface area contributed by atoms with Crippen molar-refractivity contribution in [1.82, 2.24) is 15.3 Å². The topological polar surface area (TPSA) is 60.7 Å². The van der Waals surface area contributed by atoms with E-state index in [-0.39, 0.29) is 11.7 Å². The second-order valence-corrected chi connectivity index (χ2v) is 5.99. The Hall–Kier alpha value is -1.85. The van der Waals surface area contributed by atoms with Gasteiger partial charge in [0, 0.05) is 17.0 Å². The van der Waals surface area contributed by atoms with Crippen molar-refractivity contribution in [2.75, 3.05) is 0 Å². The number of aromatic amines is 2. The highest BCUT2D eigenvalue weighted by Crippen LogP contribution is 2.23. The van der Waals surface area contributed by atoms with Gasteiger partial charge >= 0.3 is 5.69 Å². The normalized spacial score (nSPS) is 14.5. The Morgan fingerprint density at radius 3 is 2.65 bits per heavy atom. The fourth-order valence-electron chi connectivity index (χ4n) is 2.41. The molecule has 2 atom stereocenters. The molecule has 104 valence electrons. The van der Waals surface area contributed by atoms with Gasteiger partial charge in [-0.05, 0) is 43.0 Å². The van der Waals surface area contributed by atoms with Gasteiger partial charge in [-0.25, -0.2) is 4.79 Å². The Bertz CT molecular complexity index is 757. The minimum absolute atomic E-state index is 0.162. The van der Waals surface area contributed by atoms with Crippen LogP contribution in [0.1, 0.15) is 36.4 Å². The van der Waals surface area contributed by atoms with Crippen molar-refractivity contribution in [2.24, 2.45) is 0 Å². The number of thiophene rings is 1. The van der Waals surface area contributed by atoms with Gasteiger partial charge in [0.15, 0.2) is 0 Å². The molecule has 3 rings (SSSR count). The second-order valence-electron chi connectivity index (χ2n) is 5.01. The predicted molar refractivity (Wildman–Crippen MR) is 83.2 cm³/mol. The van der Waals surface area contributed by atoms with Crippen molar-refractivity contribution in [3.63, 3.8) is 0 Å². The molecule has 3 aromatic rings. The molecule has 20 heavy (non-hydrogen) atoms. The third kappa shape index (κ3) is 2.55. The molecular formula is C15H17N3OS. The van der Waals surface area contributed by atoms with Gasteiger partial charge < -0.3 is 15.3 Å². The van der Waals surface area contributed by atoms with Gasteiger partial charge in [0.1, 0.15) is 0 Å². The summed E-state index contributed by atoms with van der Waals surface area (Å²) in [5.74, 6) is 0. The van der Waals surface area contributed by atoms with Gasteiger partial charge in [-0.3, -0.25) is 0 Å². The summed E-state index contributed by atoms with van der Waals surface area (Å²) in [6.07, 6.45) is 0. The van der Waals surface area contributed by atoms with E-state index < -0.39 is 0 Å². The van der Waals surface area contributed by atoms with Crippen LogP contribution in [0.15, 0.2) is 40.5 Å². The molecule has 0 aliphatic rings. The summed E-state index contributed by atoms with van der Waals surface area (Å²) in [7, 11) is 0. The van der Waals surface area contributed by atoms with Crippen molar-refractivity contribution < 1.29 is 0 Å². The molecule has 0 fully saturated rings. The zero-order chi connectivity index (χ0) is 14.1. The number of aromatic nitrogens is 2. The van der Waals surface area contributed by atoms with Crippen molar-refractivity contribution in [3.05, 3.63) is 56.6 Å². The van der Waals surface area contributed by atoms with Crippen molar-refractivity contribution in [3.8, 4) is 0 Å². The average molecular weight is 287 g/mol. The number of rotatable bonds is 4. The smallest absolute Gasteiger partial charge is 0.306 e. The first kappa shape index (κ1) is 13.1. The third-order valence-electron chi connectivity index (χ3n) is 3.51. The highest BCUT2D eigenvalue weighted by Gasteiger charge is 2.12. The molecule has 1 aromatic carbocycles. The summed E-state index contributed by atoms with van der Waals surface area (Å²) in [5.41, 5.74) is 2.70. The van der Waals surface area contributed by atoms with E-state index in [1.807, 2.05) is 18.2 Å². The number of nitrogens with one attached hydrogen (secondary N) is 3. The van der Waals surface area contributed by atoms with Gasteiger partial charge in [-0.2, -0.15) is 0 Å². The molecule has 4 nitrogen and oxygen atoms in total. The van der Waals surface area contributed by atoms with E-state index in [4.69, 9.17) is 0 Å². The Balaban J connectivity index is 1.81. The number of hydrogen-bond acceptors (Lipinski definition) is 3. The lowest BCUT2D eigenvalue weighted by Crippen LogP contribution is -2.21. The van der Waals surface area contributed by atoms with Crippen LogP contribution in [-0.4, -0.2) is 9.97 Å². The van der Waals surface area contributed by atoms with Gasteiger partial charge in [0.05, 0.1) is 11.0 Å². The monoisotopic (exact) mass is 287 g/mol. The van der Waals surface area contributed by atoms with E-state index in [0.29, 0.717) is 6.04 Å². The van der Waals surface area contributed by atoms with E-state index in [9.17, 15) is 4.79 Å². The minimum Gasteiger partial charge on any atom is -0.306 e. The van der Waals surface area contributed by atoms with Crippen molar-refractivity contribution in [1.29, 1.82) is 0 Å². The molecule has 0 radical (unpaired) electrons. The van der Waals surface area contributed by atoms with Gasteiger partial charge in [0.2, 0.25) is 0 Å². The fraction of sp³-hybridized carbons (Fsp3) is 0.267. The van der Waals surface area contributed by atoms with Gasteiger partial charge in [0.25, 0.3) is 0 Å². The van der Waals surface area contributed by atoms with Crippen LogP contribution in [-0.2, 0) is 0 Å². The molecule has 1 unspecified atom stereocenters. The molecule has 2 heterocycles. The van der Waals surface area contributed by atoms with Crippen LogP contribution in [0.4, 0.5) is 0 Å². The van der Waals surface area contributed by atoms with Crippen LogP contribution in [0.5, 0.6) is 0 Å². The van der Waals surface area contributed by atoms with E-state index in [1.54, 1.807) is 11.3 Å². The molecule has 0 aliphatic carbocycles. The molecule has 0 spiro atoms. The van der Waals surface area contributed by atoms with Gasteiger partial charge in [-0.15, -0.1) is 11.3 Å². The summed E-state index contributed by atoms with van der Waals surface area (Å²) in [5, 5.41) is 5.67. The van der Waals surface area contributed by atoms with E-state index >= 15 is 0 Å². The molecular weight excluding hydrogens is 270 g/mol. The molecule has 0 aliphatic heterocycles. The molecule has 0 amide bonds. The predicted octanol–water partition coefficient (Wildman–Crippen LogP) is 3.33. The fourth-order valence-corrected chi connectivity index (χ4v) is 3.15. The Kier molecular flexibility index (Phi) is 3.46. The largest absolute Gasteiger partial charge is 0.323 e. The van der Waals surface area contributed by atoms with Crippen molar-refractivity contribution in [2.45, 2.75) is 25.9 Å². The Labute approximate surface area is 120 Å². The number of benzene rings is 1. The zero-order valence-electron chi connectivity index (χ0n) is 11.4. The second kappa shape index (κ2) is 5.26. The number of hydrogen-bond donors (Lipinski definition) is 3. The van der Waals surface area contributed by atoms with Crippen LogP contribution in [0.3, 0.4) is 0 Å². The Morgan fingerprint density at radius 1 is 1.10 bits per heavy atom. The molecule has 0 bridgehead atoms. The highest BCUT2D eigenvalue weighted by atomic mass is 32.1. The first-order valence-electron chi connectivity index (χ1n) is 6.65. The number of H-pyrrole nitrogens is 2. The SMILES string of the molecule is CC(N[C@H](C)c1cccs1)c1ccc2[nH]c(=O)[nH]c2c1. The maximum atomic E-state index is 11.3. The molecule has 0 saturated heterocycles. The van der Waals surface area contributed by atoms with E-state index in [0.717, 1.165) is 16.6 Å². The number of fused-ring (bicyclic) bond motifs is 1. The Morgan fingerprint density at radius 2 is 1.90 bits per heavy atom. The van der Waals surface area contributed by atoms with Crippen LogP contribution in [0.25, 0.3) is 11.0 Å². The summed E-state index contributed by atoms with van der Waals surface area (Å²) in [4.78, 5) is 18.2. The van der Waals surface area contributed by atoms with E-state index in [1.165, 1.54) is 4.88 Å². The van der Waals surface area contributed by atoms with E-state index in [2.05, 4.69) is 46.6 Å². The van der Waals surface area contributed by atoms with Crippen LogP contribution in [0.2, 0.25) is 0 Å². The lowest BCUT2D eigenvalue weighted by atomic mass is 10.1. The maximum Gasteiger partial charge on any atom is 0.323 e. The first-order chi connectivity index (χ1) is 9.63. The summed E-state index contributed by atoms with van der Waals surface area (Å²) in [6.45, 7) is 4.30. The van der Waals surface area contributed by atoms with Crippen LogP contribution < -0.4 is 11.0 Å². The highest BCUT2D eigenvalue weighted by molar-refractivity contribution is 7.10. The summed E-state index contributed by atoms with van der Waals surface area (Å²) in [6, 6.07) is 10.7. The molecule has 3 N–H and O–H groups in total. The third-order valence-corrected chi connectivity index (χ3v) is 4.57. The first-order valence-corrected chi connectivity index (χ1v) is 7.53. The van der Waals surface area contributed by atoms with Crippen LogP contribution >= 0.6 is 11.3 Å². The average Bonchev–Trinajstić information content (AvgIpc) is 3.05. The van der Waals surface area contributed by atoms with Crippen LogP contribution in [0, 0.1) is 0 Å². The number of imidazole rings is 1. The van der Waals surface area contributed by atoms with Crippen molar-refractivity contribution >= 4 is 22.4 Å². The standard InChI is InChI=1S/C15H17N3OS/c1-9(16-10(2)14-4-3-7-20-14)11-5-6-12-13(8-11)18-15(19)17-12/h3-10,16H,1-2H3,(H2,17,18,19)/t9?,10-/m1/s1. The quantitative estimate of drug-likeness (QED) is 0.689. The molecule has 5 heteroatoms. The molecule has 2 aromatic heterocycles. The lowest BCUT2D eigenvalue weighted by molar-refractivity contribution is 0.500. The lowest BCUT2D eigenvalue weighted by Gasteiger charge is -2.19. The maximum absolute atomic E-state index is 11.3.